The number of rotatable bonds is 6. The van der Waals surface area contributed by atoms with Gasteiger partial charge in [-0.3, -0.25) is 4.79 Å². The fourth-order valence-electron chi connectivity index (χ4n) is 5.31. The van der Waals surface area contributed by atoms with Gasteiger partial charge in [0.15, 0.2) is 5.69 Å². The van der Waals surface area contributed by atoms with Gasteiger partial charge in [0.2, 0.25) is 5.91 Å². The number of benzene rings is 1. The maximum Gasteiger partial charge on any atom is 0.436 e. The molecule has 0 saturated carbocycles. The average Bonchev–Trinajstić information content (AvgIpc) is 3.73. The number of H-pyrrole nitrogens is 1. The Labute approximate surface area is 240 Å². The van der Waals surface area contributed by atoms with Gasteiger partial charge in [0, 0.05) is 28.9 Å². The number of aromatic nitrogens is 5. The molecule has 0 bridgehead atoms. The van der Waals surface area contributed by atoms with Crippen LogP contribution in [0.25, 0.3) is 21.8 Å². The minimum atomic E-state index is -4.64. The number of alkyl halides is 3. The average molecular weight is 603 g/mol. The first-order valence-electron chi connectivity index (χ1n) is 12.8. The largest absolute Gasteiger partial charge is 0.462 e. The number of carbonyl (C=O) groups is 2. The van der Waals surface area contributed by atoms with Gasteiger partial charge >= 0.3 is 12.1 Å². The molecule has 2 aliphatic rings. The van der Waals surface area contributed by atoms with Gasteiger partial charge in [-0.15, -0.1) is 16.4 Å². The van der Waals surface area contributed by atoms with Crippen LogP contribution in [0.1, 0.15) is 59.0 Å². The molecule has 4 aromatic rings. The summed E-state index contributed by atoms with van der Waals surface area (Å²) in [4.78, 5) is 36.5. The SMILES string of the molecule is CCOC(=O)c1ccc(-c2c[nH]c(C3CCC4CC(c5cc(Cl)ccc5-n5cc(C(F)(F)F)nn5)=CC(=O)N43)n2)s1. The predicted molar refractivity (Wildman–Crippen MR) is 144 cm³/mol. The number of fused-ring (bicyclic) bond motifs is 1. The van der Waals surface area contributed by atoms with Crippen molar-refractivity contribution in [1.29, 1.82) is 0 Å². The van der Waals surface area contributed by atoms with Gasteiger partial charge < -0.3 is 14.6 Å². The summed E-state index contributed by atoms with van der Waals surface area (Å²) in [5.74, 6) is 0.0366. The lowest BCUT2D eigenvalue weighted by Gasteiger charge is -2.33. The molecule has 2 unspecified atom stereocenters. The summed E-state index contributed by atoms with van der Waals surface area (Å²) in [6, 6.07) is 7.84. The molecule has 0 spiro atoms. The molecule has 2 atom stereocenters. The van der Waals surface area contributed by atoms with Crippen molar-refractivity contribution < 1.29 is 27.5 Å². The van der Waals surface area contributed by atoms with E-state index in [1.807, 2.05) is 6.07 Å². The fourth-order valence-corrected chi connectivity index (χ4v) is 6.34. The van der Waals surface area contributed by atoms with E-state index in [-0.39, 0.29) is 24.0 Å². The molecule has 9 nitrogen and oxygen atoms in total. The highest BCUT2D eigenvalue weighted by atomic mass is 35.5. The molecule has 2 aliphatic heterocycles. The number of hydrogen-bond donors (Lipinski definition) is 1. The second-order valence-electron chi connectivity index (χ2n) is 9.63. The van der Waals surface area contributed by atoms with Gasteiger partial charge in [-0.25, -0.2) is 14.5 Å². The number of amides is 1. The molecule has 0 aliphatic carbocycles. The third kappa shape index (κ3) is 5.15. The Hall–Kier alpha value is -3.97. The van der Waals surface area contributed by atoms with Crippen molar-refractivity contribution in [3.63, 3.8) is 0 Å². The van der Waals surface area contributed by atoms with Crippen molar-refractivity contribution in [3.8, 4) is 16.3 Å². The van der Waals surface area contributed by atoms with Crippen LogP contribution in [-0.2, 0) is 15.7 Å². The fraction of sp³-hybridized carbons (Fsp3) is 0.296. The van der Waals surface area contributed by atoms with Crippen molar-refractivity contribution in [2.24, 2.45) is 0 Å². The van der Waals surface area contributed by atoms with Crippen LogP contribution in [0, 0.1) is 0 Å². The number of carbonyl (C=O) groups excluding carboxylic acids is 2. The summed E-state index contributed by atoms with van der Waals surface area (Å²) in [5.41, 5.74) is 1.06. The summed E-state index contributed by atoms with van der Waals surface area (Å²) in [5, 5.41) is 7.30. The molecule has 0 radical (unpaired) electrons. The Kier molecular flexibility index (Phi) is 6.94. The van der Waals surface area contributed by atoms with Gasteiger partial charge in [-0.05, 0) is 62.1 Å². The molecule has 212 valence electrons. The molecule has 14 heteroatoms. The maximum atomic E-state index is 13.5. The highest BCUT2D eigenvalue weighted by molar-refractivity contribution is 7.17. The van der Waals surface area contributed by atoms with Crippen LogP contribution in [0.4, 0.5) is 13.2 Å². The molecule has 1 fully saturated rings. The monoisotopic (exact) mass is 602 g/mol. The number of thiophene rings is 1. The van der Waals surface area contributed by atoms with E-state index < -0.39 is 11.9 Å². The minimum Gasteiger partial charge on any atom is -0.462 e. The lowest BCUT2D eigenvalue weighted by Crippen LogP contribution is -2.39. The summed E-state index contributed by atoms with van der Waals surface area (Å²) in [7, 11) is 0. The summed E-state index contributed by atoms with van der Waals surface area (Å²) in [6.07, 6.45) is 1.32. The Morgan fingerprint density at radius 3 is 2.83 bits per heavy atom. The third-order valence-corrected chi connectivity index (χ3v) is 8.42. The first kappa shape index (κ1) is 27.2. The number of aromatic amines is 1. The lowest BCUT2D eigenvalue weighted by atomic mass is 9.92. The summed E-state index contributed by atoms with van der Waals surface area (Å²) >= 11 is 7.54. The maximum absolute atomic E-state index is 13.5. The number of imidazole rings is 1. The molecular formula is C27H22ClF3N6O3S. The number of hydrogen-bond acceptors (Lipinski definition) is 7. The molecule has 5 heterocycles. The van der Waals surface area contributed by atoms with Gasteiger partial charge in [0.1, 0.15) is 10.7 Å². The number of esters is 1. The van der Waals surface area contributed by atoms with Crippen molar-refractivity contribution in [2.75, 3.05) is 6.61 Å². The van der Waals surface area contributed by atoms with Crippen LogP contribution in [0.5, 0.6) is 0 Å². The summed E-state index contributed by atoms with van der Waals surface area (Å²) in [6.45, 7) is 2.04. The minimum absolute atomic E-state index is 0.133. The number of ether oxygens (including phenoxy) is 1. The smallest absolute Gasteiger partial charge is 0.436 e. The lowest BCUT2D eigenvalue weighted by molar-refractivity contribution is -0.141. The number of nitrogens with one attached hydrogen (secondary N) is 1. The molecular weight excluding hydrogens is 581 g/mol. The first-order chi connectivity index (χ1) is 19.6. The van der Waals surface area contributed by atoms with Crippen molar-refractivity contribution in [1.82, 2.24) is 29.9 Å². The van der Waals surface area contributed by atoms with Crippen molar-refractivity contribution >= 4 is 40.4 Å². The van der Waals surface area contributed by atoms with Crippen molar-refractivity contribution in [3.05, 3.63) is 75.8 Å². The van der Waals surface area contributed by atoms with Gasteiger partial charge in [0.25, 0.3) is 0 Å². The van der Waals surface area contributed by atoms with Crippen LogP contribution >= 0.6 is 22.9 Å². The van der Waals surface area contributed by atoms with Crippen molar-refractivity contribution in [2.45, 2.75) is 44.4 Å². The predicted octanol–water partition coefficient (Wildman–Crippen LogP) is 6.09. The van der Waals surface area contributed by atoms with Crippen LogP contribution in [0.15, 0.2) is 48.8 Å². The van der Waals surface area contributed by atoms with Crippen LogP contribution in [0.3, 0.4) is 0 Å². The first-order valence-corrected chi connectivity index (χ1v) is 14.0. The molecule has 41 heavy (non-hydrogen) atoms. The zero-order valence-corrected chi connectivity index (χ0v) is 23.1. The van der Waals surface area contributed by atoms with E-state index in [9.17, 15) is 22.8 Å². The van der Waals surface area contributed by atoms with Gasteiger partial charge in [0.05, 0.1) is 35.1 Å². The molecule has 6 rings (SSSR count). The second-order valence-corrected chi connectivity index (χ2v) is 11.1. The van der Waals surface area contributed by atoms with Crippen LogP contribution < -0.4 is 0 Å². The van der Waals surface area contributed by atoms with E-state index in [2.05, 4.69) is 15.3 Å². The highest BCUT2D eigenvalue weighted by Crippen LogP contribution is 2.43. The Morgan fingerprint density at radius 2 is 2.07 bits per heavy atom. The van der Waals surface area contributed by atoms with Gasteiger partial charge in [-0.1, -0.05) is 16.8 Å². The molecule has 1 aromatic carbocycles. The summed E-state index contributed by atoms with van der Waals surface area (Å²) < 4.78 is 45.5. The Balaban J connectivity index is 1.26. The van der Waals surface area contributed by atoms with Crippen LogP contribution in [-0.4, -0.2) is 54.4 Å². The molecule has 1 amide bonds. The standard InChI is InChI=1S/C27H22ClF3N6O3S/c1-2-40-26(39)22-8-7-21(41-22)18-12-32-25(33-18)20-6-4-16-9-14(10-24(38)37(16)20)17-11-15(28)3-5-19(17)36-13-23(34-35-36)27(29,30)31/h3,5,7-8,10-13,16,20H,2,4,6,9H2,1H3,(H,32,33). The molecule has 1 N–H and O–H groups in total. The van der Waals surface area contributed by atoms with Crippen LogP contribution in [0.2, 0.25) is 5.02 Å². The molecule has 3 aromatic heterocycles. The quantitative estimate of drug-likeness (QED) is 0.268. The zero-order chi connectivity index (χ0) is 28.9. The number of halogens is 4. The normalized spacial score (nSPS) is 18.9. The van der Waals surface area contributed by atoms with Gasteiger partial charge in [-0.2, -0.15) is 13.2 Å². The highest BCUT2D eigenvalue weighted by Gasteiger charge is 2.42. The number of nitrogens with zero attached hydrogens (tertiary/aromatic N) is 5. The Morgan fingerprint density at radius 1 is 1.24 bits per heavy atom. The van der Waals surface area contributed by atoms with E-state index in [4.69, 9.17) is 21.3 Å². The van der Waals surface area contributed by atoms with E-state index in [1.54, 1.807) is 42.3 Å². The van der Waals surface area contributed by atoms with E-state index in [0.29, 0.717) is 64.1 Å². The van der Waals surface area contributed by atoms with E-state index in [1.165, 1.54) is 17.4 Å². The molecule has 1 saturated heterocycles. The Bertz CT molecular complexity index is 1680. The zero-order valence-electron chi connectivity index (χ0n) is 21.5. The van der Waals surface area contributed by atoms with E-state index in [0.717, 1.165) is 15.8 Å². The second kappa shape index (κ2) is 10.5. The third-order valence-electron chi connectivity index (χ3n) is 7.09. The topological polar surface area (TPSA) is 106 Å². The van der Waals surface area contributed by atoms with E-state index >= 15 is 0 Å².